The molecule has 0 aromatic heterocycles. The van der Waals surface area contributed by atoms with Gasteiger partial charge in [0.1, 0.15) is 11.5 Å². The smallest absolute Gasteiger partial charge is 0.293 e. The summed E-state index contributed by atoms with van der Waals surface area (Å²) in [5, 5.41) is 20.3. The molecule has 5 nitrogen and oxygen atoms in total. The third-order valence-corrected chi connectivity index (χ3v) is 4.19. The first-order valence-electron chi connectivity index (χ1n) is 5.91. The predicted octanol–water partition coefficient (Wildman–Crippen LogP) is 2.55. The average molecular weight is 380 g/mol. The van der Waals surface area contributed by atoms with E-state index < -0.39 is 10.7 Å². The summed E-state index contributed by atoms with van der Waals surface area (Å²) in [5.74, 6) is -0.149. The first kappa shape index (κ1) is 14.4. The van der Waals surface area contributed by atoms with E-state index in [4.69, 9.17) is 0 Å². The number of hydrogen-bond donors (Lipinski definition) is 1. The number of aliphatic hydroxyl groups excluding tert-OH is 1. The summed E-state index contributed by atoms with van der Waals surface area (Å²) in [6.07, 6.45) is 1.14. The lowest BCUT2D eigenvalue weighted by Crippen LogP contribution is -2.37. The van der Waals surface area contributed by atoms with Gasteiger partial charge in [0.25, 0.3) is 5.69 Å². The Morgan fingerprint density at radius 3 is 2.74 bits per heavy atom. The molecular weight excluding hydrogens is 366 g/mol. The second-order valence-electron chi connectivity index (χ2n) is 4.88. The summed E-state index contributed by atoms with van der Waals surface area (Å²) < 4.78 is 13.8. The zero-order chi connectivity index (χ0) is 14.2. The summed E-state index contributed by atoms with van der Waals surface area (Å²) in [4.78, 5) is 12.2. The Hall–Kier alpha value is -0.960. The highest BCUT2D eigenvalue weighted by Crippen LogP contribution is 2.34. The summed E-state index contributed by atoms with van der Waals surface area (Å²) in [7, 11) is 1.71. The van der Waals surface area contributed by atoms with Crippen molar-refractivity contribution < 1.29 is 14.4 Å². The van der Waals surface area contributed by atoms with Gasteiger partial charge in [0, 0.05) is 25.7 Å². The van der Waals surface area contributed by atoms with Crippen molar-refractivity contribution in [1.82, 2.24) is 0 Å². The van der Waals surface area contributed by atoms with Gasteiger partial charge in [-0.1, -0.05) is 0 Å². The zero-order valence-corrected chi connectivity index (χ0v) is 12.5. The fourth-order valence-corrected chi connectivity index (χ4v) is 2.76. The molecule has 1 saturated carbocycles. The Bertz CT molecular complexity index is 506. The van der Waals surface area contributed by atoms with Crippen LogP contribution in [0.25, 0.3) is 0 Å². The van der Waals surface area contributed by atoms with E-state index >= 15 is 0 Å². The molecule has 0 bridgehead atoms. The van der Waals surface area contributed by atoms with Crippen molar-refractivity contribution >= 4 is 34.0 Å². The van der Waals surface area contributed by atoms with Gasteiger partial charge in [0.2, 0.25) is 0 Å². The van der Waals surface area contributed by atoms with Crippen LogP contribution in [-0.2, 0) is 0 Å². The van der Waals surface area contributed by atoms with E-state index in [1.54, 1.807) is 34.5 Å². The molecule has 0 radical (unpaired) electrons. The Morgan fingerprint density at radius 1 is 1.58 bits per heavy atom. The molecule has 7 heteroatoms. The molecule has 1 aliphatic rings. The number of halogens is 2. The van der Waals surface area contributed by atoms with E-state index in [-0.39, 0.29) is 21.0 Å². The molecular formula is C12H14FIN2O3. The maximum Gasteiger partial charge on any atom is 0.293 e. The molecule has 2 rings (SSSR count). The monoisotopic (exact) mass is 380 g/mol. The lowest BCUT2D eigenvalue weighted by Gasteiger charge is -2.35. The van der Waals surface area contributed by atoms with Gasteiger partial charge >= 0.3 is 0 Å². The van der Waals surface area contributed by atoms with Crippen LogP contribution in [0.2, 0.25) is 0 Å². The molecule has 19 heavy (non-hydrogen) atoms. The Balaban J connectivity index is 2.22. The van der Waals surface area contributed by atoms with Crippen molar-refractivity contribution in [1.29, 1.82) is 0 Å². The molecule has 1 N–H and O–H groups in total. The predicted molar refractivity (Wildman–Crippen MR) is 77.8 cm³/mol. The Kier molecular flexibility index (Phi) is 4.24. The van der Waals surface area contributed by atoms with Crippen LogP contribution in [0, 0.1) is 25.4 Å². The minimum absolute atomic E-state index is 0.0897. The van der Waals surface area contributed by atoms with E-state index in [0.717, 1.165) is 0 Å². The van der Waals surface area contributed by atoms with Crippen LogP contribution in [-0.4, -0.2) is 29.7 Å². The summed E-state index contributed by atoms with van der Waals surface area (Å²) in [6, 6.07) is 2.45. The third kappa shape index (κ3) is 3.14. The van der Waals surface area contributed by atoms with Crippen molar-refractivity contribution in [3.05, 3.63) is 31.6 Å². The number of aliphatic hydroxyl groups is 1. The molecule has 1 aromatic carbocycles. The minimum atomic E-state index is -0.497. The summed E-state index contributed by atoms with van der Waals surface area (Å²) in [5.41, 5.74) is 0.192. The van der Waals surface area contributed by atoms with Gasteiger partial charge in [-0.3, -0.25) is 10.1 Å². The van der Waals surface area contributed by atoms with Crippen LogP contribution < -0.4 is 4.90 Å². The van der Waals surface area contributed by atoms with Gasteiger partial charge in [-0.05, 0) is 41.4 Å². The number of anilines is 1. The first-order chi connectivity index (χ1) is 8.88. The maximum atomic E-state index is 13.6. The minimum Gasteiger partial charge on any atom is -0.393 e. The second-order valence-corrected chi connectivity index (χ2v) is 6.05. The van der Waals surface area contributed by atoms with Crippen LogP contribution >= 0.6 is 22.6 Å². The van der Waals surface area contributed by atoms with Crippen molar-refractivity contribution in [2.45, 2.75) is 18.9 Å². The van der Waals surface area contributed by atoms with Crippen molar-refractivity contribution in [3.63, 3.8) is 0 Å². The lowest BCUT2D eigenvalue weighted by molar-refractivity contribution is -0.384. The molecule has 104 valence electrons. The summed E-state index contributed by atoms with van der Waals surface area (Å²) >= 11 is 1.74. The molecule has 0 saturated heterocycles. The van der Waals surface area contributed by atoms with Gasteiger partial charge in [0.05, 0.1) is 14.6 Å². The van der Waals surface area contributed by atoms with E-state index in [1.165, 1.54) is 12.1 Å². The molecule has 0 atom stereocenters. The standard InChI is InChI=1S/C12H14FIN2O3/c1-15(6-7-2-8(17)3-7)11-4-9(13)10(14)5-12(11)16(18)19/h4-5,7-8,17H,2-3,6H2,1H3. The van der Waals surface area contributed by atoms with Crippen LogP contribution in [0.5, 0.6) is 0 Å². The van der Waals surface area contributed by atoms with Gasteiger partial charge in [0.15, 0.2) is 0 Å². The van der Waals surface area contributed by atoms with Crippen molar-refractivity contribution in [3.8, 4) is 0 Å². The lowest BCUT2D eigenvalue weighted by atomic mass is 9.82. The van der Waals surface area contributed by atoms with Gasteiger partial charge < -0.3 is 10.0 Å². The highest BCUT2D eigenvalue weighted by Gasteiger charge is 2.30. The molecule has 0 heterocycles. The molecule has 1 aliphatic carbocycles. The van der Waals surface area contributed by atoms with Crippen LogP contribution in [0.1, 0.15) is 12.8 Å². The van der Waals surface area contributed by atoms with Gasteiger partial charge in [-0.15, -0.1) is 0 Å². The highest BCUT2D eigenvalue weighted by atomic mass is 127. The first-order valence-corrected chi connectivity index (χ1v) is 6.99. The fraction of sp³-hybridized carbons (Fsp3) is 0.500. The normalized spacial score (nSPS) is 21.9. The molecule has 0 amide bonds. The quantitative estimate of drug-likeness (QED) is 0.495. The number of benzene rings is 1. The number of nitro benzene ring substituents is 1. The van der Waals surface area contributed by atoms with Crippen LogP contribution in [0.4, 0.5) is 15.8 Å². The zero-order valence-electron chi connectivity index (χ0n) is 10.3. The molecule has 1 aromatic rings. The number of nitro groups is 1. The maximum absolute atomic E-state index is 13.6. The number of nitrogens with zero attached hydrogens (tertiary/aromatic N) is 2. The van der Waals surface area contributed by atoms with Crippen molar-refractivity contribution in [2.24, 2.45) is 5.92 Å². The van der Waals surface area contributed by atoms with Crippen LogP contribution in [0.15, 0.2) is 12.1 Å². The van der Waals surface area contributed by atoms with Crippen molar-refractivity contribution in [2.75, 3.05) is 18.5 Å². The molecule has 0 aliphatic heterocycles. The van der Waals surface area contributed by atoms with Crippen LogP contribution in [0.3, 0.4) is 0 Å². The third-order valence-electron chi connectivity index (χ3n) is 3.37. The second kappa shape index (κ2) is 5.58. The fourth-order valence-electron chi connectivity index (χ4n) is 2.31. The topological polar surface area (TPSA) is 66.6 Å². The van der Waals surface area contributed by atoms with Gasteiger partial charge in [-0.2, -0.15) is 0 Å². The number of hydrogen-bond acceptors (Lipinski definition) is 4. The summed E-state index contributed by atoms with van der Waals surface area (Å²) in [6.45, 7) is 0.581. The Labute approximate surface area is 123 Å². The molecule has 0 spiro atoms. The molecule has 0 unspecified atom stereocenters. The average Bonchev–Trinajstić information content (AvgIpc) is 2.29. The van der Waals surface area contributed by atoms with E-state index in [9.17, 15) is 19.6 Å². The largest absolute Gasteiger partial charge is 0.393 e. The molecule has 1 fully saturated rings. The van der Waals surface area contributed by atoms with E-state index in [0.29, 0.717) is 25.3 Å². The van der Waals surface area contributed by atoms with E-state index in [1.807, 2.05) is 0 Å². The Morgan fingerprint density at radius 2 is 2.21 bits per heavy atom. The SMILES string of the molecule is CN(CC1CC(O)C1)c1cc(F)c(I)cc1[N+](=O)[O-]. The number of rotatable bonds is 4. The van der Waals surface area contributed by atoms with E-state index in [2.05, 4.69) is 0 Å². The highest BCUT2D eigenvalue weighted by molar-refractivity contribution is 14.1. The van der Waals surface area contributed by atoms with Gasteiger partial charge in [-0.25, -0.2) is 4.39 Å².